The van der Waals surface area contributed by atoms with Crippen molar-refractivity contribution in [2.24, 2.45) is 4.99 Å². The van der Waals surface area contributed by atoms with E-state index in [-0.39, 0.29) is 30.0 Å². The maximum Gasteiger partial charge on any atom is 0.193 e. The van der Waals surface area contributed by atoms with Crippen LogP contribution in [0, 0.1) is 6.92 Å². The molecule has 0 aliphatic carbocycles. The molecule has 0 amide bonds. The number of hydrogen-bond acceptors (Lipinski definition) is 4. The first-order chi connectivity index (χ1) is 13.9. The summed E-state index contributed by atoms with van der Waals surface area (Å²) in [6, 6.07) is 14.6. The van der Waals surface area contributed by atoms with Gasteiger partial charge in [0.2, 0.25) is 0 Å². The SMILES string of the molecule is CN=C(NCC(c1ccc(OC)c(OC)c1)N(C)C)N(C)Cc1ccccc1C.I. The number of rotatable bonds is 8. The molecule has 2 rings (SSSR count). The average molecular weight is 526 g/mol. The second kappa shape index (κ2) is 12.6. The van der Waals surface area contributed by atoms with Gasteiger partial charge in [-0.25, -0.2) is 0 Å². The van der Waals surface area contributed by atoms with Gasteiger partial charge in [0.25, 0.3) is 0 Å². The van der Waals surface area contributed by atoms with Gasteiger partial charge in [-0.1, -0.05) is 30.3 Å². The molecule has 166 valence electrons. The first-order valence-corrected chi connectivity index (χ1v) is 9.75. The first kappa shape index (κ1) is 26.0. The van der Waals surface area contributed by atoms with E-state index in [1.807, 2.05) is 19.2 Å². The van der Waals surface area contributed by atoms with E-state index in [2.05, 4.69) is 78.5 Å². The van der Waals surface area contributed by atoms with Gasteiger partial charge in [-0.15, -0.1) is 24.0 Å². The quantitative estimate of drug-likeness (QED) is 0.321. The van der Waals surface area contributed by atoms with Crippen molar-refractivity contribution >= 4 is 29.9 Å². The number of halogens is 1. The van der Waals surface area contributed by atoms with E-state index >= 15 is 0 Å². The van der Waals surface area contributed by atoms with Crippen molar-refractivity contribution < 1.29 is 9.47 Å². The molecule has 0 saturated carbocycles. The second-order valence-corrected chi connectivity index (χ2v) is 7.30. The number of nitrogens with zero attached hydrogens (tertiary/aromatic N) is 3. The summed E-state index contributed by atoms with van der Waals surface area (Å²) >= 11 is 0. The third-order valence-corrected chi connectivity index (χ3v) is 5.11. The summed E-state index contributed by atoms with van der Waals surface area (Å²) in [5.41, 5.74) is 3.73. The zero-order valence-electron chi connectivity index (χ0n) is 19.1. The van der Waals surface area contributed by atoms with E-state index < -0.39 is 0 Å². The molecule has 0 fully saturated rings. The molecule has 2 aromatic carbocycles. The van der Waals surface area contributed by atoms with E-state index in [0.717, 1.165) is 29.6 Å². The Labute approximate surface area is 198 Å². The smallest absolute Gasteiger partial charge is 0.193 e. The van der Waals surface area contributed by atoms with Crippen LogP contribution in [0.3, 0.4) is 0 Å². The lowest BCUT2D eigenvalue weighted by atomic mass is 10.1. The summed E-state index contributed by atoms with van der Waals surface area (Å²) in [6.07, 6.45) is 0. The van der Waals surface area contributed by atoms with Crippen LogP contribution in [0.4, 0.5) is 0 Å². The highest BCUT2D eigenvalue weighted by Gasteiger charge is 2.18. The maximum atomic E-state index is 5.47. The van der Waals surface area contributed by atoms with Crippen LogP contribution in [0.15, 0.2) is 47.5 Å². The standard InChI is InChI=1S/C23H34N4O2.HI/c1-17-10-8-9-11-19(17)16-27(5)23(24-2)25-15-20(26(3)4)18-12-13-21(28-6)22(14-18)29-7;/h8-14,20H,15-16H2,1-7H3,(H,24,25);1H. The van der Waals surface area contributed by atoms with Crippen molar-refractivity contribution in [3.05, 3.63) is 59.2 Å². The fourth-order valence-electron chi connectivity index (χ4n) is 3.35. The molecule has 1 atom stereocenters. The number of aliphatic imine (C=N–C) groups is 1. The zero-order chi connectivity index (χ0) is 21.4. The largest absolute Gasteiger partial charge is 0.493 e. The fourth-order valence-corrected chi connectivity index (χ4v) is 3.35. The topological polar surface area (TPSA) is 49.3 Å². The predicted molar refractivity (Wildman–Crippen MR) is 135 cm³/mol. The third kappa shape index (κ3) is 6.77. The van der Waals surface area contributed by atoms with Crippen molar-refractivity contribution in [2.45, 2.75) is 19.5 Å². The summed E-state index contributed by atoms with van der Waals surface area (Å²) in [5.74, 6) is 2.33. The normalized spacial score (nSPS) is 12.2. The van der Waals surface area contributed by atoms with Crippen LogP contribution in [0.2, 0.25) is 0 Å². The summed E-state index contributed by atoms with van der Waals surface area (Å²) in [6.45, 7) is 3.65. The van der Waals surface area contributed by atoms with Gasteiger partial charge in [-0.3, -0.25) is 4.99 Å². The molecule has 6 nitrogen and oxygen atoms in total. The Morgan fingerprint density at radius 2 is 1.70 bits per heavy atom. The van der Waals surface area contributed by atoms with E-state index in [1.54, 1.807) is 14.2 Å². The highest BCUT2D eigenvalue weighted by Crippen LogP contribution is 2.31. The lowest BCUT2D eigenvalue weighted by Crippen LogP contribution is -2.42. The Kier molecular flexibility index (Phi) is 11.0. The number of methoxy groups -OCH3 is 2. The molecule has 7 heteroatoms. The molecule has 2 aromatic rings. The van der Waals surface area contributed by atoms with Gasteiger partial charge in [0.15, 0.2) is 17.5 Å². The molecular formula is C23H35IN4O2. The van der Waals surface area contributed by atoms with Crippen LogP contribution >= 0.6 is 24.0 Å². The number of ether oxygens (including phenoxy) is 2. The summed E-state index contributed by atoms with van der Waals surface area (Å²) < 4.78 is 10.8. The van der Waals surface area contributed by atoms with Crippen LogP contribution in [-0.4, -0.2) is 64.7 Å². The molecule has 30 heavy (non-hydrogen) atoms. The Morgan fingerprint density at radius 1 is 1.03 bits per heavy atom. The minimum Gasteiger partial charge on any atom is -0.493 e. The van der Waals surface area contributed by atoms with Crippen LogP contribution < -0.4 is 14.8 Å². The highest BCUT2D eigenvalue weighted by atomic mass is 127. The zero-order valence-corrected chi connectivity index (χ0v) is 21.4. The van der Waals surface area contributed by atoms with Gasteiger partial charge in [0, 0.05) is 27.2 Å². The Morgan fingerprint density at radius 3 is 2.27 bits per heavy atom. The van der Waals surface area contributed by atoms with E-state index in [4.69, 9.17) is 9.47 Å². The molecule has 0 heterocycles. The maximum absolute atomic E-state index is 5.47. The molecule has 0 spiro atoms. The van der Waals surface area contributed by atoms with Crippen molar-refractivity contribution in [2.75, 3.05) is 49.0 Å². The second-order valence-electron chi connectivity index (χ2n) is 7.30. The molecule has 0 aliphatic heterocycles. The molecule has 0 aliphatic rings. The van der Waals surface area contributed by atoms with Crippen LogP contribution in [0.25, 0.3) is 0 Å². The molecular weight excluding hydrogens is 491 g/mol. The van der Waals surface area contributed by atoms with E-state index in [0.29, 0.717) is 6.54 Å². The monoisotopic (exact) mass is 526 g/mol. The van der Waals surface area contributed by atoms with Gasteiger partial charge < -0.3 is 24.6 Å². The molecule has 1 unspecified atom stereocenters. The van der Waals surface area contributed by atoms with E-state index in [1.165, 1.54) is 11.1 Å². The van der Waals surface area contributed by atoms with E-state index in [9.17, 15) is 0 Å². The third-order valence-electron chi connectivity index (χ3n) is 5.11. The number of hydrogen-bond donors (Lipinski definition) is 1. The van der Waals surface area contributed by atoms with Crippen LogP contribution in [0.5, 0.6) is 11.5 Å². The number of aryl methyl sites for hydroxylation is 1. The Balaban J connectivity index is 0.00000450. The summed E-state index contributed by atoms with van der Waals surface area (Å²) in [7, 11) is 11.3. The van der Waals surface area contributed by atoms with Gasteiger partial charge in [-0.2, -0.15) is 0 Å². The van der Waals surface area contributed by atoms with Crippen molar-refractivity contribution in [3.63, 3.8) is 0 Å². The molecule has 1 N–H and O–H groups in total. The van der Waals surface area contributed by atoms with Gasteiger partial charge in [-0.05, 0) is 49.8 Å². The fraction of sp³-hybridized carbons (Fsp3) is 0.435. The van der Waals surface area contributed by atoms with Crippen molar-refractivity contribution in [3.8, 4) is 11.5 Å². The number of benzene rings is 2. The summed E-state index contributed by atoms with van der Waals surface area (Å²) in [5, 5.41) is 3.52. The van der Waals surface area contributed by atoms with Crippen LogP contribution in [0.1, 0.15) is 22.7 Å². The number of guanidine groups is 1. The Hall–Kier alpha value is -2.00. The molecule has 0 saturated heterocycles. The van der Waals surface area contributed by atoms with Crippen molar-refractivity contribution in [1.82, 2.24) is 15.1 Å². The minimum absolute atomic E-state index is 0. The molecule has 0 aromatic heterocycles. The number of nitrogens with one attached hydrogen (secondary N) is 1. The lowest BCUT2D eigenvalue weighted by Gasteiger charge is -2.29. The lowest BCUT2D eigenvalue weighted by molar-refractivity contribution is 0.293. The van der Waals surface area contributed by atoms with Gasteiger partial charge >= 0.3 is 0 Å². The summed E-state index contributed by atoms with van der Waals surface area (Å²) in [4.78, 5) is 8.79. The highest BCUT2D eigenvalue weighted by molar-refractivity contribution is 14.0. The van der Waals surface area contributed by atoms with Crippen molar-refractivity contribution in [1.29, 1.82) is 0 Å². The first-order valence-electron chi connectivity index (χ1n) is 9.75. The predicted octanol–water partition coefficient (Wildman–Crippen LogP) is 3.94. The minimum atomic E-state index is 0. The van der Waals surface area contributed by atoms with Gasteiger partial charge in [0.05, 0.1) is 20.3 Å². The molecule has 0 radical (unpaired) electrons. The number of likely N-dealkylation sites (N-methyl/N-ethyl adjacent to an activating group) is 1. The average Bonchev–Trinajstić information content (AvgIpc) is 2.72. The Bertz CT molecular complexity index is 827. The van der Waals surface area contributed by atoms with Crippen LogP contribution in [-0.2, 0) is 6.54 Å². The molecule has 0 bridgehead atoms. The van der Waals surface area contributed by atoms with Gasteiger partial charge in [0.1, 0.15) is 0 Å².